The van der Waals surface area contributed by atoms with Gasteiger partial charge in [0.05, 0.1) is 16.7 Å². The van der Waals surface area contributed by atoms with Crippen LogP contribution in [0.15, 0.2) is 24.3 Å². The van der Waals surface area contributed by atoms with Crippen LogP contribution in [0.1, 0.15) is 6.42 Å². The quantitative estimate of drug-likeness (QED) is 0.625. The van der Waals surface area contributed by atoms with Crippen LogP contribution < -0.4 is 4.90 Å². The van der Waals surface area contributed by atoms with Crippen LogP contribution in [0.3, 0.4) is 0 Å². The van der Waals surface area contributed by atoms with Crippen LogP contribution in [0.4, 0.5) is 5.69 Å². The van der Waals surface area contributed by atoms with Gasteiger partial charge < -0.3 is 5.11 Å². The molecule has 1 aliphatic rings. The minimum absolute atomic E-state index is 0.0583. The lowest BCUT2D eigenvalue weighted by Gasteiger charge is -2.14. The number of nitrogens with zero attached hydrogens (tertiary/aromatic N) is 1. The van der Waals surface area contributed by atoms with Gasteiger partial charge in [0, 0.05) is 9.99 Å². The van der Waals surface area contributed by atoms with Crippen molar-refractivity contribution in [3.8, 4) is 0 Å². The second-order valence-corrected chi connectivity index (χ2v) is 6.38. The minimum Gasteiger partial charge on any atom is -0.481 e. The number of carbonyl (C=O) groups excluding carboxylic acids is 2. The van der Waals surface area contributed by atoms with Crippen LogP contribution in [0, 0.1) is 3.57 Å². The molecule has 1 atom stereocenters. The molecule has 0 spiro atoms. The first-order chi connectivity index (χ1) is 8.99. The second kappa shape index (κ2) is 5.91. The number of imide groups is 1. The summed E-state index contributed by atoms with van der Waals surface area (Å²) in [5.74, 6) is -1.78. The van der Waals surface area contributed by atoms with Crippen LogP contribution in [0.2, 0.25) is 0 Å². The molecule has 1 aromatic carbocycles. The van der Waals surface area contributed by atoms with Gasteiger partial charge in [-0.05, 0) is 46.9 Å². The molecule has 0 radical (unpaired) electrons. The Morgan fingerprint density at radius 2 is 2.00 bits per heavy atom. The maximum Gasteiger partial charge on any atom is 0.313 e. The van der Waals surface area contributed by atoms with Crippen LogP contribution in [-0.2, 0) is 14.4 Å². The lowest BCUT2D eigenvalue weighted by Crippen LogP contribution is -2.31. The van der Waals surface area contributed by atoms with Crippen molar-refractivity contribution in [1.82, 2.24) is 0 Å². The van der Waals surface area contributed by atoms with Crippen molar-refractivity contribution in [2.45, 2.75) is 11.7 Å². The van der Waals surface area contributed by atoms with Crippen molar-refractivity contribution >= 4 is 57.8 Å². The molecule has 100 valence electrons. The second-order valence-electron chi connectivity index (χ2n) is 3.94. The molecular formula is C12H10INO4S. The van der Waals surface area contributed by atoms with Gasteiger partial charge in [-0.25, -0.2) is 4.90 Å². The van der Waals surface area contributed by atoms with E-state index in [1.54, 1.807) is 12.1 Å². The van der Waals surface area contributed by atoms with Crippen LogP contribution in [0.5, 0.6) is 0 Å². The number of carbonyl (C=O) groups is 3. The number of carboxylic acid groups (broad SMARTS) is 1. The van der Waals surface area contributed by atoms with E-state index in [1.807, 2.05) is 12.1 Å². The van der Waals surface area contributed by atoms with Crippen LogP contribution in [0.25, 0.3) is 0 Å². The molecule has 7 heteroatoms. The summed E-state index contributed by atoms with van der Waals surface area (Å²) >= 11 is 3.13. The Morgan fingerprint density at radius 3 is 2.58 bits per heavy atom. The molecule has 1 fully saturated rings. The summed E-state index contributed by atoms with van der Waals surface area (Å²) in [5.41, 5.74) is 0.536. The Morgan fingerprint density at radius 1 is 1.37 bits per heavy atom. The van der Waals surface area contributed by atoms with Crippen LogP contribution in [-0.4, -0.2) is 33.9 Å². The van der Waals surface area contributed by atoms with Gasteiger partial charge in [0.2, 0.25) is 11.8 Å². The predicted octanol–water partition coefficient (Wildman–Crippen LogP) is 1.74. The summed E-state index contributed by atoms with van der Waals surface area (Å²) < 4.78 is 1.01. The maximum absolute atomic E-state index is 12.1. The van der Waals surface area contributed by atoms with Gasteiger partial charge >= 0.3 is 5.97 Å². The molecule has 1 aromatic rings. The van der Waals surface area contributed by atoms with E-state index in [2.05, 4.69) is 22.6 Å². The van der Waals surface area contributed by atoms with Gasteiger partial charge in [-0.15, -0.1) is 11.8 Å². The molecule has 1 N–H and O–H groups in total. The third kappa shape index (κ3) is 3.27. The highest BCUT2D eigenvalue weighted by atomic mass is 127. The average molecular weight is 391 g/mol. The van der Waals surface area contributed by atoms with E-state index in [9.17, 15) is 14.4 Å². The molecule has 0 saturated carbocycles. The van der Waals surface area contributed by atoms with Gasteiger partial charge in [-0.2, -0.15) is 0 Å². The smallest absolute Gasteiger partial charge is 0.313 e. The van der Waals surface area contributed by atoms with Crippen molar-refractivity contribution in [3.63, 3.8) is 0 Å². The molecule has 5 nitrogen and oxygen atoms in total. The fourth-order valence-electron chi connectivity index (χ4n) is 1.77. The number of hydrogen-bond acceptors (Lipinski definition) is 4. The molecule has 1 aliphatic heterocycles. The van der Waals surface area contributed by atoms with E-state index >= 15 is 0 Å². The zero-order chi connectivity index (χ0) is 14.0. The third-order valence-corrected chi connectivity index (χ3v) is 4.50. The summed E-state index contributed by atoms with van der Waals surface area (Å²) in [7, 11) is 0. The zero-order valence-corrected chi connectivity index (χ0v) is 12.7. The number of thioether (sulfide) groups is 1. The van der Waals surface area contributed by atoms with Crippen molar-refractivity contribution in [2.24, 2.45) is 0 Å². The molecule has 19 heavy (non-hydrogen) atoms. The Labute approximate surface area is 127 Å². The molecule has 0 aliphatic carbocycles. The Balaban J connectivity index is 2.14. The van der Waals surface area contributed by atoms with Crippen molar-refractivity contribution < 1.29 is 19.5 Å². The summed E-state index contributed by atoms with van der Waals surface area (Å²) in [5, 5.41) is 8.01. The average Bonchev–Trinajstić information content (AvgIpc) is 2.63. The number of amides is 2. The highest BCUT2D eigenvalue weighted by molar-refractivity contribution is 14.1. The lowest BCUT2D eigenvalue weighted by atomic mass is 10.3. The number of anilines is 1. The highest BCUT2D eigenvalue weighted by Crippen LogP contribution is 2.29. The minimum atomic E-state index is -0.988. The Hall–Kier alpha value is -1.09. The van der Waals surface area contributed by atoms with E-state index < -0.39 is 11.2 Å². The van der Waals surface area contributed by atoms with Gasteiger partial charge in [0.15, 0.2) is 0 Å². The molecule has 1 saturated heterocycles. The first kappa shape index (κ1) is 14.3. The number of rotatable bonds is 4. The van der Waals surface area contributed by atoms with Crippen molar-refractivity contribution in [2.75, 3.05) is 10.7 Å². The first-order valence-electron chi connectivity index (χ1n) is 5.45. The lowest BCUT2D eigenvalue weighted by molar-refractivity contribution is -0.134. The highest BCUT2D eigenvalue weighted by Gasteiger charge is 2.39. The van der Waals surface area contributed by atoms with E-state index in [1.165, 1.54) is 0 Å². The molecular weight excluding hydrogens is 381 g/mol. The largest absolute Gasteiger partial charge is 0.481 e. The fourth-order valence-corrected chi connectivity index (χ4v) is 2.98. The van der Waals surface area contributed by atoms with Gasteiger partial charge in [0.25, 0.3) is 0 Å². The summed E-state index contributed by atoms with van der Waals surface area (Å²) in [4.78, 5) is 35.6. The summed E-state index contributed by atoms with van der Waals surface area (Å²) in [6.07, 6.45) is 0.0583. The van der Waals surface area contributed by atoms with E-state index in [4.69, 9.17) is 5.11 Å². The molecule has 2 amide bonds. The fraction of sp³-hybridized carbons (Fsp3) is 0.250. The van der Waals surface area contributed by atoms with Crippen LogP contribution >= 0.6 is 34.4 Å². The first-order valence-corrected chi connectivity index (χ1v) is 7.57. The third-order valence-electron chi connectivity index (χ3n) is 2.60. The molecule has 2 rings (SSSR count). The standard InChI is InChI=1S/C12H10INO4S/c13-7-1-3-8(4-2-7)14-10(15)5-9(12(14)18)19-6-11(16)17/h1-4,9H,5-6H2,(H,16,17)/t9-/m0/s1. The normalized spacial score (nSPS) is 19.0. The van der Waals surface area contributed by atoms with E-state index in [0.717, 1.165) is 20.2 Å². The molecule has 0 unspecified atom stereocenters. The van der Waals surface area contributed by atoms with Gasteiger partial charge in [-0.1, -0.05) is 0 Å². The predicted molar refractivity (Wildman–Crippen MR) is 80.2 cm³/mol. The van der Waals surface area contributed by atoms with Gasteiger partial charge in [0.1, 0.15) is 0 Å². The SMILES string of the molecule is O=C(O)CS[C@H]1CC(=O)N(c2ccc(I)cc2)C1=O. The maximum atomic E-state index is 12.1. The number of hydrogen-bond donors (Lipinski definition) is 1. The van der Waals surface area contributed by atoms with E-state index in [-0.39, 0.29) is 24.0 Å². The number of aliphatic carboxylic acids is 1. The number of carboxylic acids is 1. The van der Waals surface area contributed by atoms with Gasteiger partial charge in [-0.3, -0.25) is 14.4 Å². The number of benzene rings is 1. The van der Waals surface area contributed by atoms with Crippen molar-refractivity contribution in [3.05, 3.63) is 27.8 Å². The molecule has 1 heterocycles. The Kier molecular flexibility index (Phi) is 4.46. The topological polar surface area (TPSA) is 74.7 Å². The van der Waals surface area contributed by atoms with E-state index in [0.29, 0.717) is 5.69 Å². The van der Waals surface area contributed by atoms with Crippen molar-refractivity contribution in [1.29, 1.82) is 0 Å². The Bertz CT molecular complexity index is 531. The summed E-state index contributed by atoms with van der Waals surface area (Å²) in [6, 6.07) is 7.05. The number of halogens is 1. The monoisotopic (exact) mass is 391 g/mol. The molecule has 0 aromatic heterocycles. The molecule has 0 bridgehead atoms. The zero-order valence-electron chi connectivity index (χ0n) is 9.71. The summed E-state index contributed by atoms with van der Waals surface area (Å²) in [6.45, 7) is 0.